The molecule has 18 heavy (non-hydrogen) atoms. The van der Waals surface area contributed by atoms with E-state index in [4.69, 9.17) is 5.26 Å². The fraction of sp³-hybridized carbons (Fsp3) is 0.500. The van der Waals surface area contributed by atoms with E-state index in [1.54, 1.807) is 12.1 Å². The van der Waals surface area contributed by atoms with E-state index in [0.29, 0.717) is 11.7 Å². The van der Waals surface area contributed by atoms with Crippen molar-refractivity contribution in [3.63, 3.8) is 0 Å². The van der Waals surface area contributed by atoms with Gasteiger partial charge >= 0.3 is 0 Å². The zero-order valence-corrected chi connectivity index (χ0v) is 10.6. The Balaban J connectivity index is 1.98. The second-order valence-electron chi connectivity index (χ2n) is 4.75. The number of rotatable bonds is 4. The van der Waals surface area contributed by atoms with Crippen LogP contribution in [0.3, 0.4) is 0 Å². The van der Waals surface area contributed by atoms with Crippen LogP contribution in [0, 0.1) is 17.1 Å². The van der Waals surface area contributed by atoms with Gasteiger partial charge < -0.3 is 5.32 Å². The molecule has 1 aliphatic rings. The first kappa shape index (κ1) is 12.8. The largest absolute Gasteiger partial charge is 0.382 e. The van der Waals surface area contributed by atoms with Crippen molar-refractivity contribution in [1.29, 1.82) is 5.26 Å². The van der Waals surface area contributed by atoms with Crippen molar-refractivity contribution >= 4 is 5.69 Å². The molecule has 96 valence electrons. The van der Waals surface area contributed by atoms with Gasteiger partial charge in [-0.25, -0.2) is 4.39 Å². The number of anilines is 1. The summed E-state index contributed by atoms with van der Waals surface area (Å²) >= 11 is 0. The van der Waals surface area contributed by atoms with Gasteiger partial charge in [-0.1, -0.05) is 6.07 Å². The van der Waals surface area contributed by atoms with Crippen molar-refractivity contribution in [2.45, 2.75) is 25.8 Å². The Morgan fingerprint density at radius 3 is 2.83 bits per heavy atom. The van der Waals surface area contributed by atoms with Gasteiger partial charge in [-0.05, 0) is 45.0 Å². The second-order valence-corrected chi connectivity index (χ2v) is 4.75. The van der Waals surface area contributed by atoms with Crippen LogP contribution in [0.5, 0.6) is 0 Å². The first-order chi connectivity index (χ1) is 8.72. The number of nitrogens with one attached hydrogen (secondary N) is 1. The number of hydrogen-bond donors (Lipinski definition) is 1. The van der Waals surface area contributed by atoms with E-state index < -0.39 is 5.82 Å². The smallest absolute Gasteiger partial charge is 0.143 e. The SMILES string of the molecule is CC(CNc1cccc(F)c1C#N)N1CCCC1. The monoisotopic (exact) mass is 247 g/mol. The van der Waals surface area contributed by atoms with Crippen LogP contribution in [0.25, 0.3) is 0 Å². The molecule has 1 aromatic rings. The quantitative estimate of drug-likeness (QED) is 0.889. The van der Waals surface area contributed by atoms with Crippen LogP contribution in [-0.4, -0.2) is 30.6 Å². The molecule has 1 N–H and O–H groups in total. The Labute approximate surface area is 107 Å². The number of hydrogen-bond acceptors (Lipinski definition) is 3. The minimum Gasteiger partial charge on any atom is -0.382 e. The fourth-order valence-electron chi connectivity index (χ4n) is 2.35. The van der Waals surface area contributed by atoms with Gasteiger partial charge in [0.2, 0.25) is 0 Å². The maximum absolute atomic E-state index is 13.4. The minimum atomic E-state index is -0.462. The first-order valence-electron chi connectivity index (χ1n) is 6.39. The summed E-state index contributed by atoms with van der Waals surface area (Å²) in [5.74, 6) is -0.462. The zero-order valence-electron chi connectivity index (χ0n) is 10.6. The highest BCUT2D eigenvalue weighted by atomic mass is 19.1. The molecule has 1 unspecified atom stereocenters. The van der Waals surface area contributed by atoms with Crippen LogP contribution in [0.15, 0.2) is 18.2 Å². The van der Waals surface area contributed by atoms with Crippen molar-refractivity contribution in [3.8, 4) is 6.07 Å². The maximum atomic E-state index is 13.4. The summed E-state index contributed by atoms with van der Waals surface area (Å²) in [5.41, 5.74) is 0.690. The molecule has 0 radical (unpaired) electrons. The topological polar surface area (TPSA) is 39.1 Å². The minimum absolute atomic E-state index is 0.103. The van der Waals surface area contributed by atoms with Gasteiger partial charge in [0.25, 0.3) is 0 Å². The highest BCUT2D eigenvalue weighted by Gasteiger charge is 2.18. The number of halogens is 1. The van der Waals surface area contributed by atoms with Gasteiger partial charge in [0.05, 0.1) is 5.69 Å². The Morgan fingerprint density at radius 2 is 2.17 bits per heavy atom. The molecule has 0 spiro atoms. The Morgan fingerprint density at radius 1 is 1.44 bits per heavy atom. The highest BCUT2D eigenvalue weighted by molar-refractivity contribution is 5.57. The molecule has 1 fully saturated rings. The van der Waals surface area contributed by atoms with Gasteiger partial charge in [0.15, 0.2) is 0 Å². The van der Waals surface area contributed by atoms with E-state index in [9.17, 15) is 4.39 Å². The van der Waals surface area contributed by atoms with Crippen molar-refractivity contribution in [1.82, 2.24) is 4.90 Å². The zero-order chi connectivity index (χ0) is 13.0. The van der Waals surface area contributed by atoms with Crippen molar-refractivity contribution < 1.29 is 4.39 Å². The molecule has 1 aromatic carbocycles. The van der Waals surface area contributed by atoms with Crippen molar-refractivity contribution in [3.05, 3.63) is 29.6 Å². The van der Waals surface area contributed by atoms with Crippen LogP contribution in [0.1, 0.15) is 25.3 Å². The molecule has 0 bridgehead atoms. The standard InChI is InChI=1S/C14H18FN3/c1-11(18-7-2-3-8-18)10-17-14-6-4-5-13(15)12(14)9-16/h4-6,11,17H,2-3,7-8,10H2,1H3. The van der Waals surface area contributed by atoms with Crippen LogP contribution in [0.4, 0.5) is 10.1 Å². The fourth-order valence-corrected chi connectivity index (χ4v) is 2.35. The average Bonchev–Trinajstić information content (AvgIpc) is 2.90. The van der Waals surface area contributed by atoms with Crippen LogP contribution in [0.2, 0.25) is 0 Å². The summed E-state index contributed by atoms with van der Waals surface area (Å²) < 4.78 is 13.4. The lowest BCUT2D eigenvalue weighted by Crippen LogP contribution is -2.35. The summed E-state index contributed by atoms with van der Waals surface area (Å²) in [6, 6.07) is 7.00. The summed E-state index contributed by atoms with van der Waals surface area (Å²) in [6.07, 6.45) is 2.52. The molecule has 1 saturated heterocycles. The van der Waals surface area contributed by atoms with Gasteiger partial charge in [-0.3, -0.25) is 4.90 Å². The molecular formula is C14H18FN3. The number of nitriles is 1. The van der Waals surface area contributed by atoms with Gasteiger partial charge in [-0.15, -0.1) is 0 Å². The molecule has 0 saturated carbocycles. The maximum Gasteiger partial charge on any atom is 0.143 e. The van der Waals surface area contributed by atoms with Crippen LogP contribution >= 0.6 is 0 Å². The Kier molecular flexibility index (Phi) is 4.16. The molecule has 0 aliphatic carbocycles. The molecule has 1 atom stereocenters. The summed E-state index contributed by atoms with van der Waals surface area (Å²) in [5, 5.41) is 12.1. The molecule has 4 heteroatoms. The van der Waals surface area contributed by atoms with E-state index in [-0.39, 0.29) is 5.56 Å². The molecule has 2 rings (SSSR count). The van der Waals surface area contributed by atoms with E-state index in [1.165, 1.54) is 18.9 Å². The lowest BCUT2D eigenvalue weighted by atomic mass is 10.1. The second kappa shape index (κ2) is 5.83. The number of nitrogens with zero attached hydrogens (tertiary/aromatic N) is 2. The van der Waals surface area contributed by atoms with Gasteiger partial charge in [0, 0.05) is 12.6 Å². The highest BCUT2D eigenvalue weighted by Crippen LogP contribution is 2.18. The molecule has 0 aromatic heterocycles. The Bertz CT molecular complexity index is 447. The lowest BCUT2D eigenvalue weighted by Gasteiger charge is -2.24. The molecule has 0 amide bonds. The van der Waals surface area contributed by atoms with Gasteiger partial charge in [0.1, 0.15) is 17.4 Å². The lowest BCUT2D eigenvalue weighted by molar-refractivity contribution is 0.269. The van der Waals surface area contributed by atoms with E-state index in [2.05, 4.69) is 17.1 Å². The van der Waals surface area contributed by atoms with E-state index in [1.807, 2.05) is 6.07 Å². The number of likely N-dealkylation sites (tertiary alicyclic amines) is 1. The molecule has 3 nitrogen and oxygen atoms in total. The molecular weight excluding hydrogens is 229 g/mol. The molecule has 1 heterocycles. The summed E-state index contributed by atoms with van der Waals surface area (Å²) in [4.78, 5) is 2.42. The third-order valence-corrected chi connectivity index (χ3v) is 3.48. The Hall–Kier alpha value is -1.60. The van der Waals surface area contributed by atoms with Gasteiger partial charge in [-0.2, -0.15) is 5.26 Å². The number of benzene rings is 1. The van der Waals surface area contributed by atoms with E-state index in [0.717, 1.165) is 19.6 Å². The first-order valence-corrected chi connectivity index (χ1v) is 6.39. The van der Waals surface area contributed by atoms with Crippen molar-refractivity contribution in [2.24, 2.45) is 0 Å². The van der Waals surface area contributed by atoms with Crippen molar-refractivity contribution in [2.75, 3.05) is 25.0 Å². The normalized spacial score (nSPS) is 17.4. The van der Waals surface area contributed by atoms with Crippen LogP contribution in [-0.2, 0) is 0 Å². The molecule has 1 aliphatic heterocycles. The van der Waals surface area contributed by atoms with Crippen LogP contribution < -0.4 is 5.32 Å². The third kappa shape index (κ3) is 2.80. The van der Waals surface area contributed by atoms with E-state index >= 15 is 0 Å². The summed E-state index contributed by atoms with van der Waals surface area (Å²) in [6.45, 7) is 5.16. The summed E-state index contributed by atoms with van der Waals surface area (Å²) in [7, 11) is 0. The third-order valence-electron chi connectivity index (χ3n) is 3.48. The predicted molar refractivity (Wildman–Crippen MR) is 69.9 cm³/mol. The average molecular weight is 247 g/mol. The predicted octanol–water partition coefficient (Wildman–Crippen LogP) is 2.59.